The molecular weight excluding hydrogens is 208 g/mol. The molecule has 1 unspecified atom stereocenters. The Morgan fingerprint density at radius 3 is 2.69 bits per heavy atom. The SMILES string of the molecule is C=CCN(C)C(=O)NC(C)CCCC(=O)O. The van der Waals surface area contributed by atoms with Gasteiger partial charge in [0, 0.05) is 26.1 Å². The highest BCUT2D eigenvalue weighted by molar-refractivity contribution is 5.74. The Hall–Kier alpha value is -1.52. The number of nitrogens with one attached hydrogen (secondary N) is 1. The summed E-state index contributed by atoms with van der Waals surface area (Å²) in [5.41, 5.74) is 0. The molecule has 5 nitrogen and oxygen atoms in total. The number of amides is 2. The summed E-state index contributed by atoms with van der Waals surface area (Å²) in [4.78, 5) is 23.3. The molecule has 5 heteroatoms. The van der Waals surface area contributed by atoms with Gasteiger partial charge in [0.1, 0.15) is 0 Å². The van der Waals surface area contributed by atoms with E-state index in [1.165, 1.54) is 4.90 Å². The first kappa shape index (κ1) is 14.5. The van der Waals surface area contributed by atoms with Gasteiger partial charge in [0.15, 0.2) is 0 Å². The second kappa shape index (κ2) is 7.73. The van der Waals surface area contributed by atoms with Gasteiger partial charge in [-0.3, -0.25) is 4.79 Å². The molecule has 0 bridgehead atoms. The first-order chi connectivity index (χ1) is 7.47. The number of hydrogen-bond donors (Lipinski definition) is 2. The molecule has 0 rings (SSSR count). The second-order valence-corrected chi connectivity index (χ2v) is 3.81. The van der Waals surface area contributed by atoms with Gasteiger partial charge in [0.25, 0.3) is 0 Å². The van der Waals surface area contributed by atoms with Crippen molar-refractivity contribution in [3.05, 3.63) is 12.7 Å². The Morgan fingerprint density at radius 1 is 1.56 bits per heavy atom. The molecule has 16 heavy (non-hydrogen) atoms. The van der Waals surface area contributed by atoms with Crippen molar-refractivity contribution in [2.45, 2.75) is 32.2 Å². The average molecular weight is 228 g/mol. The Bertz CT molecular complexity index is 254. The van der Waals surface area contributed by atoms with Crippen LogP contribution in [0.25, 0.3) is 0 Å². The van der Waals surface area contributed by atoms with Crippen LogP contribution in [0.3, 0.4) is 0 Å². The number of rotatable bonds is 7. The fourth-order valence-electron chi connectivity index (χ4n) is 1.23. The van der Waals surface area contributed by atoms with Crippen molar-refractivity contribution < 1.29 is 14.7 Å². The fraction of sp³-hybridized carbons (Fsp3) is 0.636. The maximum atomic E-state index is 11.5. The predicted octanol–water partition coefficient (Wildman–Crippen LogP) is 1.46. The van der Waals surface area contributed by atoms with Crippen LogP contribution in [0.15, 0.2) is 12.7 Å². The van der Waals surface area contributed by atoms with Gasteiger partial charge in [0.2, 0.25) is 0 Å². The normalized spacial score (nSPS) is 11.6. The molecule has 0 aliphatic rings. The first-order valence-electron chi connectivity index (χ1n) is 5.31. The molecule has 0 aromatic rings. The zero-order valence-corrected chi connectivity index (χ0v) is 9.90. The lowest BCUT2D eigenvalue weighted by Gasteiger charge is -2.19. The summed E-state index contributed by atoms with van der Waals surface area (Å²) < 4.78 is 0. The van der Waals surface area contributed by atoms with E-state index in [1.807, 2.05) is 6.92 Å². The van der Waals surface area contributed by atoms with Crippen LogP contribution in [0.2, 0.25) is 0 Å². The monoisotopic (exact) mass is 228 g/mol. The number of nitrogens with zero attached hydrogens (tertiary/aromatic N) is 1. The third-order valence-corrected chi connectivity index (χ3v) is 2.15. The lowest BCUT2D eigenvalue weighted by molar-refractivity contribution is -0.137. The zero-order valence-electron chi connectivity index (χ0n) is 9.90. The van der Waals surface area contributed by atoms with Crippen LogP contribution in [0, 0.1) is 0 Å². The first-order valence-corrected chi connectivity index (χ1v) is 5.31. The van der Waals surface area contributed by atoms with E-state index < -0.39 is 5.97 Å². The van der Waals surface area contributed by atoms with Crippen molar-refractivity contribution >= 4 is 12.0 Å². The van der Waals surface area contributed by atoms with Crippen molar-refractivity contribution in [1.82, 2.24) is 10.2 Å². The molecule has 0 heterocycles. The van der Waals surface area contributed by atoms with E-state index >= 15 is 0 Å². The maximum Gasteiger partial charge on any atom is 0.317 e. The number of carbonyl (C=O) groups is 2. The molecule has 2 N–H and O–H groups in total. The van der Waals surface area contributed by atoms with Gasteiger partial charge < -0.3 is 15.3 Å². The second-order valence-electron chi connectivity index (χ2n) is 3.81. The molecule has 0 aromatic heterocycles. The van der Waals surface area contributed by atoms with Gasteiger partial charge in [0.05, 0.1) is 0 Å². The predicted molar refractivity (Wildman–Crippen MR) is 62.3 cm³/mol. The molecule has 0 saturated carbocycles. The lowest BCUT2D eigenvalue weighted by Crippen LogP contribution is -2.41. The molecule has 2 amide bonds. The summed E-state index contributed by atoms with van der Waals surface area (Å²) in [6.07, 6.45) is 3.03. The number of aliphatic carboxylic acids is 1. The standard InChI is InChI=1S/C11H20N2O3/c1-4-8-13(3)11(16)12-9(2)6-5-7-10(14)15/h4,9H,1,5-8H2,2-3H3,(H,12,16)(H,14,15). The number of likely N-dealkylation sites (N-methyl/N-ethyl adjacent to an activating group) is 1. The number of hydrogen-bond acceptors (Lipinski definition) is 2. The molecule has 0 aliphatic heterocycles. The molecule has 0 aromatic carbocycles. The Balaban J connectivity index is 3.77. The highest BCUT2D eigenvalue weighted by Crippen LogP contribution is 2.01. The quantitative estimate of drug-likeness (QED) is 0.648. The molecule has 92 valence electrons. The van der Waals surface area contributed by atoms with Crippen LogP contribution in [-0.2, 0) is 4.79 Å². The Labute approximate surface area is 96.1 Å². The summed E-state index contributed by atoms with van der Waals surface area (Å²) in [7, 11) is 1.68. The van der Waals surface area contributed by atoms with Crippen molar-refractivity contribution in [3.63, 3.8) is 0 Å². The van der Waals surface area contributed by atoms with Crippen LogP contribution in [0.1, 0.15) is 26.2 Å². The van der Waals surface area contributed by atoms with Gasteiger partial charge in [-0.25, -0.2) is 4.79 Å². The number of carboxylic acids is 1. The fourth-order valence-corrected chi connectivity index (χ4v) is 1.23. The minimum atomic E-state index is -0.803. The smallest absolute Gasteiger partial charge is 0.317 e. The minimum Gasteiger partial charge on any atom is -0.481 e. The van der Waals surface area contributed by atoms with Crippen LogP contribution in [0.4, 0.5) is 4.79 Å². The minimum absolute atomic E-state index is 0.0147. The Kier molecular flexibility index (Phi) is 7.00. The number of urea groups is 1. The summed E-state index contributed by atoms with van der Waals surface area (Å²) in [6, 6.07) is -0.179. The molecule has 0 spiro atoms. The number of carboxylic acid groups (broad SMARTS) is 1. The lowest BCUT2D eigenvalue weighted by atomic mass is 10.1. The topological polar surface area (TPSA) is 69.6 Å². The van der Waals surface area contributed by atoms with Crippen molar-refractivity contribution in [2.24, 2.45) is 0 Å². The highest BCUT2D eigenvalue weighted by atomic mass is 16.4. The van der Waals surface area contributed by atoms with Crippen molar-refractivity contribution in [1.29, 1.82) is 0 Å². The Morgan fingerprint density at radius 2 is 2.19 bits per heavy atom. The largest absolute Gasteiger partial charge is 0.481 e. The van der Waals surface area contributed by atoms with E-state index in [2.05, 4.69) is 11.9 Å². The van der Waals surface area contributed by atoms with E-state index in [0.29, 0.717) is 19.4 Å². The van der Waals surface area contributed by atoms with Gasteiger partial charge in [-0.2, -0.15) is 0 Å². The summed E-state index contributed by atoms with van der Waals surface area (Å²) in [5, 5.41) is 11.2. The van der Waals surface area contributed by atoms with Crippen molar-refractivity contribution in [2.75, 3.05) is 13.6 Å². The molecule has 1 atom stereocenters. The van der Waals surface area contributed by atoms with Gasteiger partial charge in [-0.15, -0.1) is 6.58 Å². The highest BCUT2D eigenvalue weighted by Gasteiger charge is 2.10. The average Bonchev–Trinajstić information content (AvgIpc) is 2.17. The van der Waals surface area contributed by atoms with Crippen LogP contribution >= 0.6 is 0 Å². The molecule has 0 radical (unpaired) electrons. The van der Waals surface area contributed by atoms with Crippen LogP contribution in [0.5, 0.6) is 0 Å². The molecular formula is C11H20N2O3. The summed E-state index contributed by atoms with van der Waals surface area (Å²) in [6.45, 7) is 5.90. The molecule has 0 saturated heterocycles. The zero-order chi connectivity index (χ0) is 12.6. The molecule has 0 fully saturated rings. The van der Waals surface area contributed by atoms with E-state index in [4.69, 9.17) is 5.11 Å². The van der Waals surface area contributed by atoms with E-state index in [1.54, 1.807) is 13.1 Å². The van der Waals surface area contributed by atoms with E-state index in [0.717, 1.165) is 0 Å². The number of carbonyl (C=O) groups excluding carboxylic acids is 1. The summed E-state index contributed by atoms with van der Waals surface area (Å²) in [5.74, 6) is -0.803. The third kappa shape index (κ3) is 6.86. The van der Waals surface area contributed by atoms with E-state index in [-0.39, 0.29) is 18.5 Å². The third-order valence-electron chi connectivity index (χ3n) is 2.15. The van der Waals surface area contributed by atoms with E-state index in [9.17, 15) is 9.59 Å². The maximum absolute atomic E-state index is 11.5. The summed E-state index contributed by atoms with van der Waals surface area (Å²) >= 11 is 0. The molecule has 0 aliphatic carbocycles. The van der Waals surface area contributed by atoms with Crippen LogP contribution < -0.4 is 5.32 Å². The van der Waals surface area contributed by atoms with Gasteiger partial charge >= 0.3 is 12.0 Å². The van der Waals surface area contributed by atoms with Gasteiger partial charge in [-0.05, 0) is 19.8 Å². The van der Waals surface area contributed by atoms with Gasteiger partial charge in [-0.1, -0.05) is 6.08 Å². The van der Waals surface area contributed by atoms with Crippen molar-refractivity contribution in [3.8, 4) is 0 Å². The van der Waals surface area contributed by atoms with Crippen LogP contribution in [-0.4, -0.2) is 41.6 Å².